The number of halogens is 5. The summed E-state index contributed by atoms with van der Waals surface area (Å²) in [6, 6.07) is 5.93. The first-order valence-electron chi connectivity index (χ1n) is 11.5. The van der Waals surface area contributed by atoms with Crippen LogP contribution >= 0.6 is 11.6 Å². The zero-order valence-electron chi connectivity index (χ0n) is 20.0. The Morgan fingerprint density at radius 1 is 1.35 bits per heavy atom. The number of aliphatic carboxylic acids is 1. The summed E-state index contributed by atoms with van der Waals surface area (Å²) in [5.41, 5.74) is -2.12. The van der Waals surface area contributed by atoms with E-state index in [1.165, 1.54) is 6.07 Å². The molecular weight excluding hydrogens is 516 g/mol. The summed E-state index contributed by atoms with van der Waals surface area (Å²) in [6.07, 6.45) is -4.26. The van der Waals surface area contributed by atoms with Crippen molar-refractivity contribution in [2.24, 2.45) is 5.41 Å². The highest BCUT2D eigenvalue weighted by molar-refractivity contribution is 6.30. The lowest BCUT2D eigenvalue weighted by molar-refractivity contribution is -0.155. The number of carboxylic acids is 1. The fourth-order valence-corrected chi connectivity index (χ4v) is 4.90. The Morgan fingerprint density at radius 3 is 2.73 bits per heavy atom. The quantitative estimate of drug-likeness (QED) is 0.346. The van der Waals surface area contributed by atoms with Gasteiger partial charge in [-0.05, 0) is 39.3 Å². The van der Waals surface area contributed by atoms with E-state index in [1.54, 1.807) is 32.0 Å². The van der Waals surface area contributed by atoms with Crippen molar-refractivity contribution < 1.29 is 27.5 Å². The lowest BCUT2D eigenvalue weighted by Gasteiger charge is -2.43. The molecule has 3 N–H and O–H groups in total. The molecule has 1 aromatic carbocycles. The number of hydrogen-bond donors (Lipinski definition) is 3. The summed E-state index contributed by atoms with van der Waals surface area (Å²) >= 11 is 5.87. The SMILES string of the molecule is Cc1cc(Nc2cnc(C(F)(F)F)c(C[C@@]3(C(=O)O)CCN(Cc4cccc(Cl)c4F)[C@H](C)C3)n2)n[nH]1. The largest absolute Gasteiger partial charge is 0.481 e. The molecule has 0 spiro atoms. The molecule has 3 aromatic rings. The van der Waals surface area contributed by atoms with Crippen molar-refractivity contribution in [2.45, 2.75) is 51.9 Å². The van der Waals surface area contributed by atoms with E-state index in [1.807, 2.05) is 4.90 Å². The summed E-state index contributed by atoms with van der Waals surface area (Å²) in [7, 11) is 0. The highest BCUT2D eigenvalue weighted by atomic mass is 35.5. The number of carbonyl (C=O) groups is 1. The number of nitrogens with zero attached hydrogens (tertiary/aromatic N) is 4. The molecule has 0 bridgehead atoms. The van der Waals surface area contributed by atoms with Crippen LogP contribution in [0, 0.1) is 18.2 Å². The molecule has 1 saturated heterocycles. The minimum absolute atomic E-state index is 0.0111. The monoisotopic (exact) mass is 540 g/mol. The summed E-state index contributed by atoms with van der Waals surface area (Å²) in [5, 5.41) is 19.6. The molecule has 0 saturated carbocycles. The molecule has 8 nitrogen and oxygen atoms in total. The minimum atomic E-state index is -4.82. The molecule has 0 radical (unpaired) electrons. The Bertz CT molecular complexity index is 1300. The van der Waals surface area contributed by atoms with E-state index in [-0.39, 0.29) is 42.8 Å². The van der Waals surface area contributed by atoms with Crippen LogP contribution < -0.4 is 5.32 Å². The molecule has 0 unspecified atom stereocenters. The van der Waals surface area contributed by atoms with E-state index in [0.717, 1.165) is 11.9 Å². The molecule has 4 rings (SSSR count). The molecule has 37 heavy (non-hydrogen) atoms. The number of alkyl halides is 3. The van der Waals surface area contributed by atoms with Crippen LogP contribution in [-0.4, -0.2) is 48.7 Å². The standard InChI is InChI=1S/C24H25ClF4N6O2/c1-13-8-18(34-33-13)32-19-11-30-21(24(27,28)29)17(31-19)10-23(22(36)37)6-7-35(14(2)9-23)12-15-4-3-5-16(25)20(15)26/h3-5,8,11,14H,6-7,9-10,12H2,1-2H3,(H,36,37)(H2,31,32,33,34)/t14-,23-/m1/s1. The number of carboxylic acid groups (broad SMARTS) is 1. The van der Waals surface area contributed by atoms with Gasteiger partial charge in [-0.25, -0.2) is 14.4 Å². The molecule has 3 heterocycles. The van der Waals surface area contributed by atoms with E-state index >= 15 is 0 Å². The number of rotatable bonds is 7. The number of hydrogen-bond acceptors (Lipinski definition) is 6. The predicted octanol–water partition coefficient (Wildman–Crippen LogP) is 5.36. The first-order chi connectivity index (χ1) is 17.4. The lowest BCUT2D eigenvalue weighted by Crippen LogP contribution is -2.50. The van der Waals surface area contributed by atoms with Crippen LogP contribution in [0.2, 0.25) is 5.02 Å². The predicted molar refractivity (Wildman–Crippen MR) is 128 cm³/mol. The summed E-state index contributed by atoms with van der Waals surface area (Å²) < 4.78 is 55.8. The number of aromatic nitrogens is 4. The Balaban J connectivity index is 1.60. The van der Waals surface area contributed by atoms with Gasteiger partial charge in [0.2, 0.25) is 0 Å². The van der Waals surface area contributed by atoms with Crippen molar-refractivity contribution in [1.29, 1.82) is 0 Å². The Morgan fingerprint density at radius 2 is 2.11 bits per heavy atom. The Kier molecular flexibility index (Phi) is 7.43. The number of nitrogens with one attached hydrogen (secondary N) is 2. The van der Waals surface area contributed by atoms with Gasteiger partial charge in [-0.1, -0.05) is 23.7 Å². The van der Waals surface area contributed by atoms with Crippen molar-refractivity contribution in [2.75, 3.05) is 11.9 Å². The second-order valence-electron chi connectivity index (χ2n) is 9.36. The number of H-pyrrole nitrogens is 1. The molecular formula is C24H25ClF4N6O2. The van der Waals surface area contributed by atoms with Crippen molar-refractivity contribution in [3.63, 3.8) is 0 Å². The van der Waals surface area contributed by atoms with Gasteiger partial charge < -0.3 is 10.4 Å². The van der Waals surface area contributed by atoms with Crippen molar-refractivity contribution in [3.8, 4) is 0 Å². The average Bonchev–Trinajstić information content (AvgIpc) is 3.22. The molecule has 2 atom stereocenters. The van der Waals surface area contributed by atoms with Crippen LogP contribution in [0.25, 0.3) is 0 Å². The van der Waals surface area contributed by atoms with Crippen molar-refractivity contribution in [3.05, 3.63) is 63.9 Å². The third kappa shape index (κ3) is 5.85. The second-order valence-corrected chi connectivity index (χ2v) is 9.77. The maximum atomic E-state index is 14.4. The van der Waals surface area contributed by atoms with Crippen molar-refractivity contribution >= 4 is 29.2 Å². The summed E-state index contributed by atoms with van der Waals surface area (Å²) in [4.78, 5) is 22.0. The number of aromatic amines is 1. The first-order valence-corrected chi connectivity index (χ1v) is 11.9. The van der Waals surface area contributed by atoms with Gasteiger partial charge in [0, 0.05) is 36.3 Å². The third-order valence-corrected chi connectivity index (χ3v) is 6.92. The van der Waals surface area contributed by atoms with E-state index in [9.17, 15) is 27.5 Å². The molecule has 0 amide bonds. The molecule has 1 aliphatic heterocycles. The Hall–Kier alpha value is -3.25. The number of piperidine rings is 1. The van der Waals surface area contributed by atoms with Crippen LogP contribution in [0.3, 0.4) is 0 Å². The van der Waals surface area contributed by atoms with Gasteiger partial charge in [0.05, 0.1) is 22.3 Å². The van der Waals surface area contributed by atoms with Crippen LogP contribution in [-0.2, 0) is 23.9 Å². The van der Waals surface area contributed by atoms with Crippen LogP contribution in [0.1, 0.15) is 42.4 Å². The topological polar surface area (TPSA) is 107 Å². The number of benzene rings is 1. The molecule has 1 fully saturated rings. The fourth-order valence-electron chi connectivity index (χ4n) is 4.71. The van der Waals surface area contributed by atoms with Gasteiger partial charge >= 0.3 is 12.1 Å². The molecule has 2 aromatic heterocycles. The minimum Gasteiger partial charge on any atom is -0.481 e. The van der Waals surface area contributed by atoms with E-state index < -0.39 is 41.2 Å². The molecule has 1 aliphatic rings. The van der Waals surface area contributed by atoms with Gasteiger partial charge in [-0.3, -0.25) is 14.8 Å². The van der Waals surface area contributed by atoms with Gasteiger partial charge in [0.1, 0.15) is 11.6 Å². The maximum Gasteiger partial charge on any atom is 0.435 e. The fraction of sp³-hybridized carbons (Fsp3) is 0.417. The maximum absolute atomic E-state index is 14.4. The summed E-state index contributed by atoms with van der Waals surface area (Å²) in [5.74, 6) is -1.42. The highest BCUT2D eigenvalue weighted by Gasteiger charge is 2.47. The lowest BCUT2D eigenvalue weighted by atomic mass is 9.72. The number of anilines is 2. The molecule has 0 aliphatic carbocycles. The van der Waals surface area contributed by atoms with E-state index in [0.29, 0.717) is 11.4 Å². The van der Waals surface area contributed by atoms with E-state index in [2.05, 4.69) is 25.5 Å². The Labute approximate surface area is 215 Å². The van der Waals surface area contributed by atoms with Crippen LogP contribution in [0.4, 0.5) is 29.2 Å². The number of likely N-dealkylation sites (tertiary alicyclic amines) is 1. The van der Waals surface area contributed by atoms with Crippen LogP contribution in [0.15, 0.2) is 30.5 Å². The normalized spacial score (nSPS) is 20.7. The smallest absolute Gasteiger partial charge is 0.435 e. The molecule has 198 valence electrons. The van der Waals surface area contributed by atoms with Crippen LogP contribution in [0.5, 0.6) is 0 Å². The van der Waals surface area contributed by atoms with Gasteiger partial charge in [0.25, 0.3) is 0 Å². The number of aryl methyl sites for hydroxylation is 1. The van der Waals surface area contributed by atoms with Crippen molar-refractivity contribution in [1.82, 2.24) is 25.1 Å². The van der Waals surface area contributed by atoms with Gasteiger partial charge in [-0.2, -0.15) is 18.3 Å². The highest BCUT2D eigenvalue weighted by Crippen LogP contribution is 2.41. The summed E-state index contributed by atoms with van der Waals surface area (Å²) in [6.45, 7) is 3.96. The first kappa shape index (κ1) is 26.8. The zero-order chi connectivity index (χ0) is 27.0. The third-order valence-electron chi connectivity index (χ3n) is 6.63. The van der Waals surface area contributed by atoms with Gasteiger partial charge in [-0.15, -0.1) is 0 Å². The zero-order valence-corrected chi connectivity index (χ0v) is 20.8. The van der Waals surface area contributed by atoms with Gasteiger partial charge in [0.15, 0.2) is 11.5 Å². The van der Waals surface area contributed by atoms with E-state index in [4.69, 9.17) is 11.6 Å². The average molecular weight is 541 g/mol. The molecule has 13 heteroatoms. The second kappa shape index (κ2) is 10.3.